The van der Waals surface area contributed by atoms with Gasteiger partial charge in [-0.2, -0.15) is 0 Å². The van der Waals surface area contributed by atoms with Crippen LogP contribution in [-0.2, 0) is 14.3 Å². The van der Waals surface area contributed by atoms with Crippen LogP contribution in [0.1, 0.15) is 28.8 Å². The van der Waals surface area contributed by atoms with Gasteiger partial charge >= 0.3 is 0 Å². The van der Waals surface area contributed by atoms with Crippen molar-refractivity contribution in [3.63, 3.8) is 0 Å². The molecule has 3 aliphatic rings. The number of amides is 2. The summed E-state index contributed by atoms with van der Waals surface area (Å²) in [6.45, 7) is 8.42. The summed E-state index contributed by atoms with van der Waals surface area (Å²) < 4.78 is 5.72. The second kappa shape index (κ2) is 8.71. The number of anilines is 1. The van der Waals surface area contributed by atoms with Crippen molar-refractivity contribution in [3.05, 3.63) is 57.4 Å². The van der Waals surface area contributed by atoms with Crippen molar-refractivity contribution in [2.24, 2.45) is 0 Å². The Labute approximate surface area is 193 Å². The molecular weight excluding hydrogens is 422 g/mol. The van der Waals surface area contributed by atoms with Crippen molar-refractivity contribution in [2.75, 3.05) is 44.2 Å². The van der Waals surface area contributed by atoms with Gasteiger partial charge in [-0.05, 0) is 55.3 Å². The highest BCUT2D eigenvalue weighted by Crippen LogP contribution is 2.35. The smallest absolute Gasteiger partial charge is 0.277 e. The highest BCUT2D eigenvalue weighted by Gasteiger charge is 2.43. The molecule has 0 N–H and O–H groups in total. The number of rotatable bonds is 5. The number of hydrogen-bond acceptors (Lipinski definition) is 6. The minimum absolute atomic E-state index is 0.0482. The second-order valence-electron chi connectivity index (χ2n) is 8.75. The van der Waals surface area contributed by atoms with E-state index < -0.39 is 0 Å². The number of imide groups is 1. The molecule has 2 saturated heterocycles. The number of carbonyl (C=O) groups excluding carboxylic acids is 2. The van der Waals surface area contributed by atoms with Gasteiger partial charge in [0.1, 0.15) is 5.70 Å². The predicted octanol–water partition coefficient (Wildman–Crippen LogP) is 3.45. The van der Waals surface area contributed by atoms with E-state index in [-0.39, 0.29) is 17.9 Å². The molecule has 1 aromatic carbocycles. The normalized spacial score (nSPS) is 21.9. The van der Waals surface area contributed by atoms with Gasteiger partial charge in [-0.15, -0.1) is 11.3 Å². The average Bonchev–Trinajstić information content (AvgIpc) is 3.55. The molecule has 1 atom stereocenters. The second-order valence-corrected chi connectivity index (χ2v) is 9.70. The number of hydrogen-bond donors (Lipinski definition) is 0. The van der Waals surface area contributed by atoms with E-state index in [2.05, 4.69) is 41.8 Å². The monoisotopic (exact) mass is 451 g/mol. The Bertz CT molecular complexity index is 1050. The third-order valence-electron chi connectivity index (χ3n) is 6.83. The summed E-state index contributed by atoms with van der Waals surface area (Å²) in [5.74, 6) is -0.353. The lowest BCUT2D eigenvalue weighted by atomic mass is 10.1. The first-order chi connectivity index (χ1) is 15.5. The molecule has 0 spiro atoms. The lowest BCUT2D eigenvalue weighted by Crippen LogP contribution is -2.48. The Morgan fingerprint density at radius 3 is 2.47 bits per heavy atom. The van der Waals surface area contributed by atoms with Gasteiger partial charge in [-0.3, -0.25) is 14.5 Å². The first-order valence-electron chi connectivity index (χ1n) is 11.4. The molecule has 32 heavy (non-hydrogen) atoms. The van der Waals surface area contributed by atoms with Crippen LogP contribution in [0, 0.1) is 13.8 Å². The Morgan fingerprint density at radius 1 is 1.00 bits per heavy atom. The predicted molar refractivity (Wildman–Crippen MR) is 127 cm³/mol. The molecule has 168 valence electrons. The van der Waals surface area contributed by atoms with E-state index in [1.54, 1.807) is 0 Å². The zero-order valence-corrected chi connectivity index (χ0v) is 19.5. The highest BCUT2D eigenvalue weighted by atomic mass is 32.1. The largest absolute Gasteiger partial charge is 0.376 e. The summed E-state index contributed by atoms with van der Waals surface area (Å²) in [4.78, 5) is 33.7. The summed E-state index contributed by atoms with van der Waals surface area (Å²) in [6, 6.07) is 10.3. The minimum Gasteiger partial charge on any atom is -0.376 e. The molecule has 0 aliphatic carbocycles. The molecule has 3 aliphatic heterocycles. The maximum atomic E-state index is 13.5. The molecule has 2 amide bonds. The molecule has 2 fully saturated rings. The van der Waals surface area contributed by atoms with Gasteiger partial charge < -0.3 is 14.5 Å². The number of nitrogens with zero attached hydrogens (tertiary/aromatic N) is 3. The van der Waals surface area contributed by atoms with Crippen LogP contribution in [-0.4, -0.2) is 67.0 Å². The van der Waals surface area contributed by atoms with Crippen LogP contribution in [0.25, 0.3) is 5.57 Å². The fourth-order valence-corrected chi connectivity index (χ4v) is 5.67. The van der Waals surface area contributed by atoms with E-state index in [1.807, 2.05) is 17.5 Å². The number of carbonyl (C=O) groups is 2. The van der Waals surface area contributed by atoms with E-state index in [0.717, 1.165) is 30.8 Å². The van der Waals surface area contributed by atoms with E-state index in [4.69, 9.17) is 4.74 Å². The highest BCUT2D eigenvalue weighted by molar-refractivity contribution is 7.11. The molecule has 1 aromatic heterocycles. The summed E-state index contributed by atoms with van der Waals surface area (Å²) in [5.41, 5.74) is 4.97. The summed E-state index contributed by atoms with van der Waals surface area (Å²) >= 11 is 1.51. The van der Waals surface area contributed by atoms with Crippen molar-refractivity contribution in [3.8, 4) is 0 Å². The van der Waals surface area contributed by atoms with E-state index in [9.17, 15) is 9.59 Å². The number of aryl methyl sites for hydroxylation is 1. The minimum atomic E-state index is -0.181. The Balaban J connectivity index is 1.39. The van der Waals surface area contributed by atoms with Crippen molar-refractivity contribution in [1.82, 2.24) is 9.80 Å². The first kappa shape index (κ1) is 21.2. The van der Waals surface area contributed by atoms with Crippen LogP contribution >= 0.6 is 11.3 Å². The summed E-state index contributed by atoms with van der Waals surface area (Å²) in [5, 5.41) is 1.96. The van der Waals surface area contributed by atoms with Gasteiger partial charge in [0.05, 0.1) is 18.2 Å². The van der Waals surface area contributed by atoms with Crippen molar-refractivity contribution in [1.29, 1.82) is 0 Å². The third-order valence-corrected chi connectivity index (χ3v) is 7.72. The molecule has 6 nitrogen and oxygen atoms in total. The SMILES string of the molecule is Cc1cccc(N2CCN(C3=C(c4cccs4)C(=O)N(CC4CCCO4)C3=O)CC2)c1C. The van der Waals surface area contributed by atoms with Crippen LogP contribution in [0.2, 0.25) is 0 Å². The number of benzene rings is 1. The summed E-state index contributed by atoms with van der Waals surface area (Å²) in [6.07, 6.45) is 1.84. The van der Waals surface area contributed by atoms with Crippen LogP contribution in [0.15, 0.2) is 41.4 Å². The third kappa shape index (κ3) is 3.73. The van der Waals surface area contributed by atoms with Crippen molar-refractivity contribution >= 4 is 34.4 Å². The van der Waals surface area contributed by atoms with Crippen molar-refractivity contribution in [2.45, 2.75) is 32.8 Å². The molecule has 1 unspecified atom stereocenters. The lowest BCUT2D eigenvalue weighted by Gasteiger charge is -2.38. The lowest BCUT2D eigenvalue weighted by molar-refractivity contribution is -0.139. The first-order valence-corrected chi connectivity index (χ1v) is 12.2. The van der Waals surface area contributed by atoms with Crippen molar-refractivity contribution < 1.29 is 14.3 Å². The maximum absolute atomic E-state index is 13.5. The molecular formula is C25H29N3O3S. The van der Waals surface area contributed by atoms with Crippen LogP contribution in [0.5, 0.6) is 0 Å². The Morgan fingerprint density at radius 2 is 1.78 bits per heavy atom. The van der Waals surface area contributed by atoms with E-state index in [1.165, 1.54) is 33.1 Å². The Kier molecular flexibility index (Phi) is 5.78. The standard InChI is InChI=1S/C25H29N3O3S/c1-17-6-3-8-20(18(17)2)26-10-12-27(13-11-26)23-22(21-9-5-15-32-21)24(29)28(25(23)30)16-19-7-4-14-31-19/h3,5-6,8-9,15,19H,4,7,10-14,16H2,1-2H3. The van der Waals surface area contributed by atoms with Crippen LogP contribution in [0.3, 0.4) is 0 Å². The molecule has 7 heteroatoms. The number of thiophene rings is 1. The quantitative estimate of drug-likeness (QED) is 0.652. The molecule has 0 saturated carbocycles. The van der Waals surface area contributed by atoms with Crippen LogP contribution < -0.4 is 4.90 Å². The zero-order chi connectivity index (χ0) is 22.2. The molecule has 0 bridgehead atoms. The topological polar surface area (TPSA) is 53.1 Å². The Hall–Kier alpha value is -2.64. The fraction of sp³-hybridized carbons (Fsp3) is 0.440. The summed E-state index contributed by atoms with van der Waals surface area (Å²) in [7, 11) is 0. The number of ether oxygens (including phenoxy) is 1. The average molecular weight is 452 g/mol. The fourth-order valence-electron chi connectivity index (χ4n) is 4.91. The van der Waals surface area contributed by atoms with E-state index in [0.29, 0.717) is 37.5 Å². The molecule has 0 radical (unpaired) electrons. The maximum Gasteiger partial charge on any atom is 0.277 e. The van der Waals surface area contributed by atoms with E-state index >= 15 is 0 Å². The molecule has 4 heterocycles. The van der Waals surface area contributed by atoms with Gasteiger partial charge in [0, 0.05) is 43.4 Å². The van der Waals surface area contributed by atoms with Gasteiger partial charge in [0.25, 0.3) is 11.8 Å². The molecule has 5 rings (SSSR count). The van der Waals surface area contributed by atoms with Gasteiger partial charge in [0.2, 0.25) is 0 Å². The molecule has 2 aromatic rings. The van der Waals surface area contributed by atoms with Crippen LogP contribution in [0.4, 0.5) is 5.69 Å². The van der Waals surface area contributed by atoms with Gasteiger partial charge in [-0.25, -0.2) is 0 Å². The number of piperazine rings is 1. The van der Waals surface area contributed by atoms with Gasteiger partial charge in [0.15, 0.2) is 0 Å². The zero-order valence-electron chi connectivity index (χ0n) is 18.7. The van der Waals surface area contributed by atoms with Gasteiger partial charge in [-0.1, -0.05) is 18.2 Å².